The molecule has 0 unspecified atom stereocenters. The van der Waals surface area contributed by atoms with Crippen molar-refractivity contribution in [2.24, 2.45) is 0 Å². The second-order valence-corrected chi connectivity index (χ2v) is 10.1. The monoisotopic (exact) mass is 595 g/mol. The molecule has 0 atom stereocenters. The third kappa shape index (κ3) is 7.47. The zero-order valence-corrected chi connectivity index (χ0v) is 23.0. The maximum Gasteiger partial charge on any atom is 0.418 e. The molecule has 5 rings (SSSR count). The maximum atomic E-state index is 13.7. The topological polar surface area (TPSA) is 53.9 Å². The molecule has 2 aromatic heterocycles. The summed E-state index contributed by atoms with van der Waals surface area (Å²) >= 11 is 0. The van der Waals surface area contributed by atoms with Crippen LogP contribution in [0.5, 0.6) is 0 Å². The van der Waals surface area contributed by atoms with E-state index in [1.807, 2.05) is 30.1 Å². The van der Waals surface area contributed by atoms with Crippen LogP contribution in [0.3, 0.4) is 0 Å². The van der Waals surface area contributed by atoms with E-state index < -0.39 is 23.5 Å². The number of pyridine rings is 1. The molecule has 0 amide bonds. The standard InChI is InChI=1S/C32H27F6N5/c1-43(18-6-9-21-7-3-2-4-8-21)20-28-41-27-19-22(29-26(32(36,37)38)10-5-17-39-29)11-16-25(27)30(42-28)40-24-14-12-23(13-15-24)31(33,34)35/h2-5,7-8,10-17,19H,6,9,18,20H2,1H3,(H,40,41,42). The summed E-state index contributed by atoms with van der Waals surface area (Å²) in [5, 5.41) is 3.56. The highest BCUT2D eigenvalue weighted by Gasteiger charge is 2.34. The van der Waals surface area contributed by atoms with Crippen molar-refractivity contribution in [3.8, 4) is 11.3 Å². The molecule has 0 spiro atoms. The highest BCUT2D eigenvalue weighted by molar-refractivity contribution is 5.93. The molecule has 11 heteroatoms. The Morgan fingerprint density at radius 2 is 1.53 bits per heavy atom. The van der Waals surface area contributed by atoms with Gasteiger partial charge in [-0.15, -0.1) is 0 Å². The molecule has 1 N–H and O–H groups in total. The van der Waals surface area contributed by atoms with Crippen molar-refractivity contribution in [1.82, 2.24) is 19.9 Å². The number of aryl methyl sites for hydroxylation is 1. The smallest absolute Gasteiger partial charge is 0.340 e. The number of benzene rings is 3. The molecule has 222 valence electrons. The van der Waals surface area contributed by atoms with Crippen molar-refractivity contribution in [3.63, 3.8) is 0 Å². The Bertz CT molecular complexity index is 1690. The van der Waals surface area contributed by atoms with Crippen molar-refractivity contribution >= 4 is 22.4 Å². The van der Waals surface area contributed by atoms with Crippen molar-refractivity contribution in [2.75, 3.05) is 18.9 Å². The van der Waals surface area contributed by atoms with Crippen LogP contribution >= 0.6 is 0 Å². The van der Waals surface area contributed by atoms with Crippen LogP contribution in [0.1, 0.15) is 28.9 Å². The second-order valence-electron chi connectivity index (χ2n) is 10.1. The Labute approximate surface area is 244 Å². The maximum absolute atomic E-state index is 13.7. The van der Waals surface area contributed by atoms with Crippen LogP contribution in [0.2, 0.25) is 0 Å². The molecule has 0 aliphatic heterocycles. The fraction of sp³-hybridized carbons (Fsp3) is 0.219. The first kappa shape index (κ1) is 30.0. The van der Waals surface area contributed by atoms with E-state index in [1.54, 1.807) is 6.07 Å². The van der Waals surface area contributed by atoms with E-state index in [2.05, 4.69) is 32.4 Å². The molecular weight excluding hydrogens is 568 g/mol. The molecule has 3 aromatic carbocycles. The lowest BCUT2D eigenvalue weighted by Gasteiger charge is -2.18. The van der Waals surface area contributed by atoms with Gasteiger partial charge in [-0.3, -0.25) is 9.88 Å². The fourth-order valence-corrected chi connectivity index (χ4v) is 4.75. The molecular formula is C32H27F6N5. The van der Waals surface area contributed by atoms with Crippen molar-refractivity contribution in [2.45, 2.75) is 31.7 Å². The van der Waals surface area contributed by atoms with Gasteiger partial charge in [0.25, 0.3) is 0 Å². The first-order chi connectivity index (χ1) is 20.5. The lowest BCUT2D eigenvalue weighted by Crippen LogP contribution is -2.21. The predicted octanol–water partition coefficient (Wildman–Crippen LogP) is 8.54. The summed E-state index contributed by atoms with van der Waals surface area (Å²) in [6.07, 6.45) is -6.01. The molecule has 0 saturated carbocycles. The Kier molecular flexibility index (Phi) is 8.63. The van der Waals surface area contributed by atoms with Crippen molar-refractivity contribution in [1.29, 1.82) is 0 Å². The Morgan fingerprint density at radius 1 is 0.791 bits per heavy atom. The lowest BCUT2D eigenvalue weighted by atomic mass is 10.0. The number of hydrogen-bond donors (Lipinski definition) is 1. The van der Waals surface area contributed by atoms with Gasteiger partial charge < -0.3 is 5.32 Å². The van der Waals surface area contributed by atoms with Gasteiger partial charge in [-0.25, -0.2) is 9.97 Å². The molecule has 0 saturated heterocycles. The second kappa shape index (κ2) is 12.4. The van der Waals surface area contributed by atoms with E-state index in [0.717, 1.165) is 37.6 Å². The van der Waals surface area contributed by atoms with E-state index in [1.165, 1.54) is 42.1 Å². The number of fused-ring (bicyclic) bond motifs is 1. The van der Waals surface area contributed by atoms with Crippen molar-refractivity contribution < 1.29 is 26.3 Å². The molecule has 5 aromatic rings. The number of hydrogen-bond acceptors (Lipinski definition) is 5. The van der Waals surface area contributed by atoms with Crippen LogP contribution in [0, 0.1) is 0 Å². The number of rotatable bonds is 9. The summed E-state index contributed by atoms with van der Waals surface area (Å²) in [6.45, 7) is 1.08. The third-order valence-corrected chi connectivity index (χ3v) is 6.86. The quantitative estimate of drug-likeness (QED) is 0.173. The molecule has 0 bridgehead atoms. The summed E-state index contributed by atoms with van der Waals surface area (Å²) in [5.41, 5.74) is 0.292. The van der Waals surface area contributed by atoms with Gasteiger partial charge in [0.1, 0.15) is 11.6 Å². The highest BCUT2D eigenvalue weighted by atomic mass is 19.4. The summed E-state index contributed by atoms with van der Waals surface area (Å²) in [7, 11) is 1.92. The van der Waals surface area contributed by atoms with Crippen LogP contribution < -0.4 is 5.32 Å². The summed E-state index contributed by atoms with van der Waals surface area (Å²) < 4.78 is 80.4. The average Bonchev–Trinajstić information content (AvgIpc) is 2.97. The normalized spacial score (nSPS) is 12.2. The minimum Gasteiger partial charge on any atom is -0.340 e. The summed E-state index contributed by atoms with van der Waals surface area (Å²) in [6, 6.07) is 21.4. The number of alkyl halides is 6. The zero-order valence-electron chi connectivity index (χ0n) is 23.0. The van der Waals surface area contributed by atoms with E-state index in [4.69, 9.17) is 0 Å². The number of halogens is 6. The molecule has 5 nitrogen and oxygen atoms in total. The van der Waals surface area contributed by atoms with Gasteiger partial charge in [0.05, 0.1) is 28.9 Å². The van der Waals surface area contributed by atoms with Crippen molar-refractivity contribution in [3.05, 3.63) is 114 Å². The number of anilines is 2. The van der Waals surface area contributed by atoms with Crippen LogP contribution in [0.25, 0.3) is 22.2 Å². The summed E-state index contributed by atoms with van der Waals surface area (Å²) in [5.74, 6) is 0.722. The van der Waals surface area contributed by atoms with Crippen LogP contribution in [-0.4, -0.2) is 33.4 Å². The minimum atomic E-state index is -4.60. The number of nitrogens with zero attached hydrogens (tertiary/aromatic N) is 4. The highest BCUT2D eigenvalue weighted by Crippen LogP contribution is 2.37. The van der Waals surface area contributed by atoms with Gasteiger partial charge in [-0.05, 0) is 80.5 Å². The SMILES string of the molecule is CN(CCCc1ccccc1)Cc1nc(Nc2ccc(C(F)(F)F)cc2)c2ccc(-c3ncccc3C(F)(F)F)cc2n1. The largest absolute Gasteiger partial charge is 0.418 e. The van der Waals surface area contributed by atoms with Gasteiger partial charge in [-0.1, -0.05) is 36.4 Å². The van der Waals surface area contributed by atoms with E-state index in [-0.39, 0.29) is 11.3 Å². The van der Waals surface area contributed by atoms with Gasteiger partial charge in [0, 0.05) is 22.8 Å². The minimum absolute atomic E-state index is 0.224. The zero-order chi connectivity index (χ0) is 30.6. The van der Waals surface area contributed by atoms with E-state index in [9.17, 15) is 26.3 Å². The lowest BCUT2D eigenvalue weighted by molar-refractivity contribution is -0.138. The first-order valence-corrected chi connectivity index (χ1v) is 13.5. The first-order valence-electron chi connectivity index (χ1n) is 13.5. The number of aromatic nitrogens is 3. The van der Waals surface area contributed by atoms with Crippen LogP contribution in [0.4, 0.5) is 37.8 Å². The average molecular weight is 596 g/mol. The Morgan fingerprint density at radius 3 is 2.23 bits per heavy atom. The molecule has 0 radical (unpaired) electrons. The van der Waals surface area contributed by atoms with Gasteiger partial charge >= 0.3 is 12.4 Å². The van der Waals surface area contributed by atoms with Gasteiger partial charge in [0.2, 0.25) is 0 Å². The molecule has 0 fully saturated rings. The molecule has 43 heavy (non-hydrogen) atoms. The van der Waals surface area contributed by atoms with E-state index in [0.29, 0.717) is 34.8 Å². The molecule has 2 heterocycles. The third-order valence-electron chi connectivity index (χ3n) is 6.86. The van der Waals surface area contributed by atoms with Gasteiger partial charge in [0.15, 0.2) is 0 Å². The van der Waals surface area contributed by atoms with Gasteiger partial charge in [-0.2, -0.15) is 26.3 Å². The van der Waals surface area contributed by atoms with E-state index >= 15 is 0 Å². The fourth-order valence-electron chi connectivity index (χ4n) is 4.75. The molecule has 0 aliphatic carbocycles. The number of nitrogens with one attached hydrogen (secondary N) is 1. The Balaban J connectivity index is 1.47. The van der Waals surface area contributed by atoms with Crippen LogP contribution in [-0.2, 0) is 25.3 Å². The Hall–Kier alpha value is -4.51. The predicted molar refractivity (Wildman–Crippen MR) is 154 cm³/mol. The summed E-state index contributed by atoms with van der Waals surface area (Å²) in [4.78, 5) is 15.3. The van der Waals surface area contributed by atoms with Crippen LogP contribution in [0.15, 0.2) is 91.1 Å². The molecule has 0 aliphatic rings.